The van der Waals surface area contributed by atoms with Crippen molar-refractivity contribution in [3.8, 4) is 11.5 Å². The molecule has 0 radical (unpaired) electrons. The molecule has 0 aliphatic carbocycles. The first kappa shape index (κ1) is 16.5. The molecule has 1 aliphatic heterocycles. The van der Waals surface area contributed by atoms with Gasteiger partial charge in [0.1, 0.15) is 16.0 Å². The molecule has 1 aromatic carbocycles. The first-order valence-corrected chi connectivity index (χ1v) is 7.97. The molecule has 0 saturated carbocycles. The van der Waals surface area contributed by atoms with E-state index < -0.39 is 0 Å². The minimum atomic E-state index is 0.162. The summed E-state index contributed by atoms with van der Waals surface area (Å²) in [6.45, 7) is 4.07. The third-order valence-corrected chi connectivity index (χ3v) is 4.63. The van der Waals surface area contributed by atoms with Crippen LogP contribution in [0.2, 0.25) is 0 Å². The molecule has 2 rings (SSSR count). The topological polar surface area (TPSA) is 54.0 Å². The summed E-state index contributed by atoms with van der Waals surface area (Å²) in [6.07, 6.45) is 0.702. The smallest absolute Gasteiger partial charge is 0.137 e. The van der Waals surface area contributed by atoms with Gasteiger partial charge in [-0.25, -0.2) is 0 Å². The average molecular weight is 359 g/mol. The van der Waals surface area contributed by atoms with Crippen molar-refractivity contribution in [2.45, 2.75) is 12.5 Å². The third kappa shape index (κ3) is 3.88. The molecule has 2 N–H and O–H groups in total. The average Bonchev–Trinajstić information content (AvgIpc) is 2.54. The van der Waals surface area contributed by atoms with Crippen molar-refractivity contribution in [1.29, 1.82) is 0 Å². The van der Waals surface area contributed by atoms with Crippen molar-refractivity contribution < 1.29 is 14.6 Å². The number of aliphatic hydroxyl groups is 1. The van der Waals surface area contributed by atoms with Gasteiger partial charge in [0.15, 0.2) is 0 Å². The highest BCUT2D eigenvalue weighted by Gasteiger charge is 2.24. The molecule has 0 bridgehead atoms. The van der Waals surface area contributed by atoms with E-state index >= 15 is 0 Å². The quantitative estimate of drug-likeness (QED) is 0.811. The summed E-state index contributed by atoms with van der Waals surface area (Å²) in [5, 5.41) is 12.8. The molecule has 1 aliphatic rings. The highest BCUT2D eigenvalue weighted by molar-refractivity contribution is 9.10. The second kappa shape index (κ2) is 7.98. The van der Waals surface area contributed by atoms with Crippen LogP contribution in [-0.4, -0.2) is 57.0 Å². The van der Waals surface area contributed by atoms with Gasteiger partial charge >= 0.3 is 0 Å². The number of benzene rings is 1. The van der Waals surface area contributed by atoms with E-state index in [4.69, 9.17) is 9.47 Å². The highest BCUT2D eigenvalue weighted by Crippen LogP contribution is 2.39. The molecule has 6 heteroatoms. The zero-order chi connectivity index (χ0) is 15.2. The van der Waals surface area contributed by atoms with Crippen molar-refractivity contribution in [2.24, 2.45) is 0 Å². The molecule has 118 valence electrons. The van der Waals surface area contributed by atoms with Gasteiger partial charge in [0.2, 0.25) is 0 Å². The maximum atomic E-state index is 9.42. The van der Waals surface area contributed by atoms with Crippen LogP contribution in [0.1, 0.15) is 18.0 Å². The third-order valence-electron chi connectivity index (χ3n) is 3.85. The molecule has 1 fully saturated rings. The molecule has 0 amide bonds. The van der Waals surface area contributed by atoms with Gasteiger partial charge in [-0.2, -0.15) is 0 Å². The number of piperazine rings is 1. The Labute approximate surface area is 134 Å². The molecule has 0 aromatic heterocycles. The Hall–Kier alpha value is -0.820. The Morgan fingerprint density at radius 2 is 1.81 bits per heavy atom. The summed E-state index contributed by atoms with van der Waals surface area (Å²) >= 11 is 3.50. The number of halogens is 1. The maximum Gasteiger partial charge on any atom is 0.137 e. The van der Waals surface area contributed by atoms with Crippen LogP contribution in [0.5, 0.6) is 11.5 Å². The Kier molecular flexibility index (Phi) is 6.29. The Morgan fingerprint density at radius 1 is 1.24 bits per heavy atom. The van der Waals surface area contributed by atoms with Crippen molar-refractivity contribution in [2.75, 3.05) is 47.0 Å². The van der Waals surface area contributed by atoms with E-state index in [9.17, 15) is 5.11 Å². The lowest BCUT2D eigenvalue weighted by Gasteiger charge is -2.35. The number of hydrogen-bond acceptors (Lipinski definition) is 5. The van der Waals surface area contributed by atoms with E-state index in [0.717, 1.165) is 47.7 Å². The van der Waals surface area contributed by atoms with Crippen molar-refractivity contribution in [1.82, 2.24) is 10.2 Å². The summed E-state index contributed by atoms with van der Waals surface area (Å²) in [4.78, 5) is 2.40. The van der Waals surface area contributed by atoms with E-state index in [1.807, 2.05) is 12.1 Å². The fourth-order valence-corrected chi connectivity index (χ4v) is 3.31. The van der Waals surface area contributed by atoms with Crippen LogP contribution in [-0.2, 0) is 0 Å². The molecular weight excluding hydrogens is 336 g/mol. The Balaban J connectivity index is 2.34. The Morgan fingerprint density at radius 3 is 2.29 bits per heavy atom. The number of hydrogen-bond donors (Lipinski definition) is 2. The maximum absolute atomic E-state index is 9.42. The number of aliphatic hydroxyl groups excluding tert-OH is 1. The second-order valence-corrected chi connectivity index (χ2v) is 5.85. The molecule has 5 nitrogen and oxygen atoms in total. The molecule has 1 aromatic rings. The van der Waals surface area contributed by atoms with E-state index in [2.05, 4.69) is 26.1 Å². The number of rotatable bonds is 6. The molecular formula is C15H23BrN2O3. The summed E-state index contributed by atoms with van der Waals surface area (Å²) in [7, 11) is 3.30. The van der Waals surface area contributed by atoms with Crippen LogP contribution in [0, 0.1) is 0 Å². The summed E-state index contributed by atoms with van der Waals surface area (Å²) in [6, 6.07) is 4.22. The lowest BCUT2D eigenvalue weighted by Crippen LogP contribution is -2.45. The SMILES string of the molecule is COc1cc([C@@H](CCO)N2CCNCC2)cc(OC)c1Br. The lowest BCUT2D eigenvalue weighted by molar-refractivity contribution is 0.140. The number of ether oxygens (including phenoxy) is 2. The normalized spacial score (nSPS) is 17.5. The van der Waals surface area contributed by atoms with Gasteiger partial charge in [-0.3, -0.25) is 4.90 Å². The molecule has 1 saturated heterocycles. The van der Waals surface area contributed by atoms with Crippen molar-refractivity contribution >= 4 is 15.9 Å². The number of nitrogens with one attached hydrogen (secondary N) is 1. The number of methoxy groups -OCH3 is 2. The zero-order valence-electron chi connectivity index (χ0n) is 12.6. The number of nitrogens with zero attached hydrogens (tertiary/aromatic N) is 1. The molecule has 1 atom stereocenters. The van der Waals surface area contributed by atoms with Crippen LogP contribution in [0.3, 0.4) is 0 Å². The molecule has 1 heterocycles. The van der Waals surface area contributed by atoms with Gasteiger partial charge in [0, 0.05) is 38.8 Å². The van der Waals surface area contributed by atoms with Crippen LogP contribution in [0.4, 0.5) is 0 Å². The predicted molar refractivity (Wildman–Crippen MR) is 86.1 cm³/mol. The first-order chi connectivity index (χ1) is 10.2. The van der Waals surface area contributed by atoms with Crippen LogP contribution in [0.15, 0.2) is 16.6 Å². The predicted octanol–water partition coefficient (Wildman–Crippen LogP) is 1.79. The Bertz CT molecular complexity index is 439. The van der Waals surface area contributed by atoms with Crippen LogP contribution in [0.25, 0.3) is 0 Å². The van der Waals surface area contributed by atoms with Crippen molar-refractivity contribution in [3.05, 3.63) is 22.2 Å². The second-order valence-electron chi connectivity index (χ2n) is 5.05. The van der Waals surface area contributed by atoms with E-state index in [0.29, 0.717) is 6.42 Å². The van der Waals surface area contributed by atoms with Crippen molar-refractivity contribution in [3.63, 3.8) is 0 Å². The van der Waals surface area contributed by atoms with Gasteiger partial charge in [-0.1, -0.05) is 0 Å². The van der Waals surface area contributed by atoms with E-state index in [1.54, 1.807) is 14.2 Å². The monoisotopic (exact) mass is 358 g/mol. The van der Waals surface area contributed by atoms with Crippen LogP contribution >= 0.6 is 15.9 Å². The highest BCUT2D eigenvalue weighted by atomic mass is 79.9. The summed E-state index contributed by atoms with van der Waals surface area (Å²) in [5.41, 5.74) is 1.11. The van der Waals surface area contributed by atoms with Gasteiger partial charge < -0.3 is 19.9 Å². The minimum Gasteiger partial charge on any atom is -0.495 e. The summed E-state index contributed by atoms with van der Waals surface area (Å²) in [5.74, 6) is 1.50. The van der Waals surface area contributed by atoms with Crippen LogP contribution < -0.4 is 14.8 Å². The molecule has 0 spiro atoms. The van der Waals surface area contributed by atoms with E-state index in [-0.39, 0.29) is 12.6 Å². The minimum absolute atomic E-state index is 0.162. The standard InChI is InChI=1S/C15H23BrN2O3/c1-20-13-9-11(10-14(21-2)15(13)16)12(3-8-19)18-6-4-17-5-7-18/h9-10,12,17,19H,3-8H2,1-2H3/t12-/m1/s1. The largest absolute Gasteiger partial charge is 0.495 e. The zero-order valence-corrected chi connectivity index (χ0v) is 14.1. The molecule has 0 unspecified atom stereocenters. The first-order valence-electron chi connectivity index (χ1n) is 7.18. The van der Waals surface area contributed by atoms with Gasteiger partial charge in [-0.05, 0) is 40.0 Å². The fraction of sp³-hybridized carbons (Fsp3) is 0.600. The van der Waals surface area contributed by atoms with E-state index in [1.165, 1.54) is 0 Å². The summed E-state index contributed by atoms with van der Waals surface area (Å²) < 4.78 is 11.7. The molecule has 21 heavy (non-hydrogen) atoms. The fourth-order valence-electron chi connectivity index (χ4n) is 2.76. The van der Waals surface area contributed by atoms with Gasteiger partial charge in [0.25, 0.3) is 0 Å². The van der Waals surface area contributed by atoms with Gasteiger partial charge in [-0.15, -0.1) is 0 Å². The van der Waals surface area contributed by atoms with Gasteiger partial charge in [0.05, 0.1) is 14.2 Å². The lowest BCUT2D eigenvalue weighted by atomic mass is 10.0.